The molecule has 3 N–H and O–H groups in total. The van der Waals surface area contributed by atoms with Crippen LogP contribution in [0.25, 0.3) is 0 Å². The Morgan fingerprint density at radius 1 is 0.837 bits per heavy atom. The Kier molecular flexibility index (Phi) is 13.5. The third-order valence-electron chi connectivity index (χ3n) is 5.47. The van der Waals surface area contributed by atoms with Gasteiger partial charge in [-0.1, -0.05) is 0 Å². The van der Waals surface area contributed by atoms with Crippen LogP contribution < -0.4 is 11.1 Å². The molecule has 1 fully saturated rings. The SMILES string of the molecule is CCOC(=O)N1CCN(C(=O)C(CCCN(C(=O)OC(C)(C)C)/C(N)=N/C(=O)OC(C)(C)C)NC(=O)OC(C)(C)C)CC1. The van der Waals surface area contributed by atoms with E-state index in [1.54, 1.807) is 74.1 Å². The van der Waals surface area contributed by atoms with Gasteiger partial charge in [-0.25, -0.2) is 24.1 Å². The van der Waals surface area contributed by atoms with E-state index in [1.807, 2.05) is 0 Å². The second-order valence-electron chi connectivity index (χ2n) is 12.9. The number of guanidine groups is 1. The van der Waals surface area contributed by atoms with Crippen molar-refractivity contribution in [3.05, 3.63) is 0 Å². The first-order chi connectivity index (χ1) is 19.6. The van der Waals surface area contributed by atoms with Crippen LogP contribution in [-0.4, -0.2) is 113 Å². The molecule has 0 saturated carbocycles. The van der Waals surface area contributed by atoms with Crippen molar-refractivity contribution in [2.45, 2.75) is 105 Å². The fourth-order valence-electron chi connectivity index (χ4n) is 3.76. The molecule has 0 aliphatic carbocycles. The molecule has 15 heteroatoms. The Morgan fingerprint density at radius 2 is 1.35 bits per heavy atom. The summed E-state index contributed by atoms with van der Waals surface area (Å²) < 4.78 is 21.0. The third-order valence-corrected chi connectivity index (χ3v) is 5.47. The predicted molar refractivity (Wildman–Crippen MR) is 158 cm³/mol. The van der Waals surface area contributed by atoms with E-state index < -0.39 is 53.2 Å². The molecule has 1 atom stereocenters. The summed E-state index contributed by atoms with van der Waals surface area (Å²) in [4.78, 5) is 71.2. The topological polar surface area (TPSA) is 182 Å². The Balaban J connectivity index is 3.10. The van der Waals surface area contributed by atoms with Gasteiger partial charge in [-0.3, -0.25) is 4.79 Å². The highest BCUT2D eigenvalue weighted by molar-refractivity contribution is 5.98. The molecule has 1 heterocycles. The summed E-state index contributed by atoms with van der Waals surface area (Å²) in [6.07, 6.45) is -2.85. The number of amides is 5. The highest BCUT2D eigenvalue weighted by Crippen LogP contribution is 2.15. The van der Waals surface area contributed by atoms with E-state index >= 15 is 0 Å². The zero-order valence-electron chi connectivity index (χ0n) is 27.3. The van der Waals surface area contributed by atoms with Gasteiger partial charge in [0, 0.05) is 32.7 Å². The predicted octanol–water partition coefficient (Wildman–Crippen LogP) is 3.45. The summed E-state index contributed by atoms with van der Waals surface area (Å²) in [5.41, 5.74) is 3.52. The van der Waals surface area contributed by atoms with Gasteiger partial charge in [0.05, 0.1) is 6.61 Å². The molecular formula is C28H50N6O9. The number of hydrogen-bond acceptors (Lipinski definition) is 9. The number of carbonyl (C=O) groups excluding carboxylic acids is 5. The summed E-state index contributed by atoms with van der Waals surface area (Å²) in [5, 5.41) is 2.63. The summed E-state index contributed by atoms with van der Waals surface area (Å²) >= 11 is 0. The van der Waals surface area contributed by atoms with Gasteiger partial charge >= 0.3 is 24.4 Å². The van der Waals surface area contributed by atoms with Crippen molar-refractivity contribution >= 4 is 36.2 Å². The Hall–Kier alpha value is -3.78. The highest BCUT2D eigenvalue weighted by Gasteiger charge is 2.32. The van der Waals surface area contributed by atoms with E-state index in [9.17, 15) is 24.0 Å². The van der Waals surface area contributed by atoms with Crippen LogP contribution in [0.1, 0.15) is 82.1 Å². The minimum absolute atomic E-state index is 0.0786. The van der Waals surface area contributed by atoms with Gasteiger partial charge in [0.1, 0.15) is 22.8 Å². The molecule has 1 aliphatic heterocycles. The zero-order valence-corrected chi connectivity index (χ0v) is 27.3. The van der Waals surface area contributed by atoms with Crippen molar-refractivity contribution in [1.82, 2.24) is 20.0 Å². The number of rotatable bonds is 7. The van der Waals surface area contributed by atoms with Crippen molar-refractivity contribution < 1.29 is 42.9 Å². The third kappa shape index (κ3) is 14.8. The molecule has 43 heavy (non-hydrogen) atoms. The summed E-state index contributed by atoms with van der Waals surface area (Å²) in [6, 6.07) is -1.02. The van der Waals surface area contributed by atoms with E-state index in [-0.39, 0.29) is 58.1 Å². The summed E-state index contributed by atoms with van der Waals surface area (Å²) in [6.45, 7) is 18.0. The lowest BCUT2D eigenvalue weighted by Gasteiger charge is -2.36. The van der Waals surface area contributed by atoms with E-state index in [0.29, 0.717) is 0 Å². The second-order valence-corrected chi connectivity index (χ2v) is 12.9. The van der Waals surface area contributed by atoms with Crippen molar-refractivity contribution in [3.63, 3.8) is 0 Å². The maximum Gasteiger partial charge on any atom is 0.437 e. The highest BCUT2D eigenvalue weighted by atomic mass is 16.6. The van der Waals surface area contributed by atoms with Crippen LogP contribution in [0, 0.1) is 0 Å². The van der Waals surface area contributed by atoms with Gasteiger partial charge < -0.3 is 39.8 Å². The lowest BCUT2D eigenvalue weighted by Crippen LogP contribution is -2.56. The molecule has 1 rings (SSSR count). The van der Waals surface area contributed by atoms with Crippen LogP contribution >= 0.6 is 0 Å². The smallest absolute Gasteiger partial charge is 0.437 e. The van der Waals surface area contributed by atoms with Gasteiger partial charge in [-0.2, -0.15) is 0 Å². The van der Waals surface area contributed by atoms with Crippen LogP contribution in [0.3, 0.4) is 0 Å². The Bertz CT molecular complexity index is 1020. The van der Waals surface area contributed by atoms with E-state index in [1.165, 1.54) is 4.90 Å². The average Bonchev–Trinajstić information content (AvgIpc) is 2.82. The van der Waals surface area contributed by atoms with Gasteiger partial charge in [0.15, 0.2) is 0 Å². The number of carbonyl (C=O) groups is 5. The molecule has 0 aromatic rings. The maximum absolute atomic E-state index is 13.5. The summed E-state index contributed by atoms with van der Waals surface area (Å²) in [7, 11) is 0. The number of nitrogens with one attached hydrogen (secondary N) is 1. The van der Waals surface area contributed by atoms with E-state index in [2.05, 4.69) is 10.3 Å². The average molecular weight is 615 g/mol. The monoisotopic (exact) mass is 614 g/mol. The molecule has 5 amide bonds. The minimum atomic E-state index is -1.02. The van der Waals surface area contributed by atoms with Crippen molar-refractivity contribution in [3.8, 4) is 0 Å². The van der Waals surface area contributed by atoms with Gasteiger partial charge in [0.2, 0.25) is 11.9 Å². The van der Waals surface area contributed by atoms with Crippen LogP contribution in [0.4, 0.5) is 19.2 Å². The van der Waals surface area contributed by atoms with E-state index in [4.69, 9.17) is 24.7 Å². The number of piperazine rings is 1. The number of alkyl carbamates (subject to hydrolysis) is 1. The summed E-state index contributed by atoms with van der Waals surface area (Å²) in [5.74, 6) is -0.824. The first-order valence-corrected chi connectivity index (χ1v) is 14.4. The first-order valence-electron chi connectivity index (χ1n) is 14.4. The standard InChI is InChI=1S/C28H50N6O9/c1-11-40-24(38)33-17-15-32(16-18-33)20(35)19(30-22(36)41-26(2,3)4)13-12-14-34(25(39)43-28(8,9)10)21(29)31-23(37)42-27(5,6)7/h19H,11-18H2,1-10H3,(H,30,36)(H2,29,31,37). The first kappa shape index (κ1) is 37.2. The molecule has 0 bridgehead atoms. The molecule has 0 radical (unpaired) electrons. The quantitative estimate of drug-likeness (QED) is 0.245. The number of aliphatic imine (C=N–C) groups is 1. The normalized spacial score (nSPS) is 15.3. The number of ether oxygens (including phenoxy) is 4. The fourth-order valence-corrected chi connectivity index (χ4v) is 3.76. The van der Waals surface area contributed by atoms with Gasteiger partial charge in [-0.15, -0.1) is 4.99 Å². The largest absolute Gasteiger partial charge is 0.450 e. The van der Waals surface area contributed by atoms with E-state index in [0.717, 1.165) is 4.90 Å². The molecule has 1 aliphatic rings. The molecule has 15 nitrogen and oxygen atoms in total. The molecule has 0 spiro atoms. The van der Waals surface area contributed by atoms with Crippen LogP contribution in [-0.2, 0) is 23.7 Å². The zero-order chi connectivity index (χ0) is 33.2. The van der Waals surface area contributed by atoms with Crippen LogP contribution in [0.5, 0.6) is 0 Å². The van der Waals surface area contributed by atoms with Crippen LogP contribution in [0.15, 0.2) is 4.99 Å². The fraction of sp³-hybridized carbons (Fsp3) is 0.786. The number of nitrogens with zero attached hydrogens (tertiary/aromatic N) is 4. The number of hydrogen-bond donors (Lipinski definition) is 2. The molecule has 246 valence electrons. The Morgan fingerprint density at radius 3 is 1.84 bits per heavy atom. The minimum Gasteiger partial charge on any atom is -0.450 e. The number of nitrogens with two attached hydrogens (primary N) is 1. The maximum atomic E-state index is 13.5. The lowest BCUT2D eigenvalue weighted by atomic mass is 10.1. The molecular weight excluding hydrogens is 564 g/mol. The molecule has 0 aromatic heterocycles. The molecule has 0 aromatic carbocycles. The van der Waals surface area contributed by atoms with Crippen molar-refractivity contribution in [2.24, 2.45) is 10.7 Å². The second kappa shape index (κ2) is 15.6. The Labute approximate surface area is 254 Å². The van der Waals surface area contributed by atoms with Crippen molar-refractivity contribution in [1.29, 1.82) is 0 Å². The van der Waals surface area contributed by atoms with Gasteiger partial charge in [0.25, 0.3) is 0 Å². The van der Waals surface area contributed by atoms with Crippen LogP contribution in [0.2, 0.25) is 0 Å². The molecule has 1 unspecified atom stereocenters. The lowest BCUT2D eigenvalue weighted by molar-refractivity contribution is -0.135. The van der Waals surface area contributed by atoms with Gasteiger partial charge in [-0.05, 0) is 82.1 Å². The van der Waals surface area contributed by atoms with Crippen molar-refractivity contribution in [2.75, 3.05) is 39.3 Å². The molecule has 1 saturated heterocycles.